The van der Waals surface area contributed by atoms with Gasteiger partial charge in [0.2, 0.25) is 5.91 Å². The van der Waals surface area contributed by atoms with Gasteiger partial charge in [-0.1, -0.05) is 6.92 Å². The summed E-state index contributed by atoms with van der Waals surface area (Å²) in [5, 5.41) is 7.55. The molecule has 150 valence electrons. The summed E-state index contributed by atoms with van der Waals surface area (Å²) >= 11 is 1.73. The smallest absolute Gasteiger partial charge is 0.223 e. The fourth-order valence-electron chi connectivity index (χ4n) is 3.48. The van der Waals surface area contributed by atoms with Crippen LogP contribution in [0.25, 0.3) is 10.2 Å². The molecule has 1 saturated heterocycles. The van der Waals surface area contributed by atoms with Crippen molar-refractivity contribution < 1.29 is 4.79 Å². The van der Waals surface area contributed by atoms with Crippen molar-refractivity contribution in [3.63, 3.8) is 0 Å². The molecular weight excluding hydrogens is 382 g/mol. The number of hydrogen-bond donors (Lipinski definition) is 2. The first-order chi connectivity index (χ1) is 12.6. The molecule has 8 heteroatoms. The maximum absolute atomic E-state index is 12.4. The zero-order chi connectivity index (χ0) is 18.5. The molecule has 0 saturated carbocycles. The number of halogens is 1. The highest BCUT2D eigenvalue weighted by molar-refractivity contribution is 7.18. The normalized spacial score (nSPS) is 15.0. The summed E-state index contributed by atoms with van der Waals surface area (Å²) < 4.78 is 0. The molecule has 2 aromatic rings. The standard InChI is InChI=1S/C19H29N5OS.ClH/c1-4-7-20-8-9-21-18(25)15-5-10-24(11-6-15)17-16-13(2)14(3)26-19(16)23-12-22-17;/h12,15,20H,4-11H2,1-3H3,(H,21,25);1H. The number of carbonyl (C=O) groups is 1. The van der Waals surface area contributed by atoms with E-state index in [0.29, 0.717) is 6.54 Å². The summed E-state index contributed by atoms with van der Waals surface area (Å²) in [5.74, 6) is 1.33. The molecule has 3 rings (SSSR count). The van der Waals surface area contributed by atoms with Gasteiger partial charge in [-0.3, -0.25) is 4.79 Å². The van der Waals surface area contributed by atoms with Gasteiger partial charge in [0.15, 0.2) is 0 Å². The molecule has 0 spiro atoms. The fraction of sp³-hybridized carbons (Fsp3) is 0.632. The van der Waals surface area contributed by atoms with E-state index in [0.717, 1.165) is 56.1 Å². The summed E-state index contributed by atoms with van der Waals surface area (Å²) in [4.78, 5) is 26.0. The average molecular weight is 412 g/mol. The molecule has 3 heterocycles. The van der Waals surface area contributed by atoms with Crippen LogP contribution in [0.1, 0.15) is 36.6 Å². The van der Waals surface area contributed by atoms with E-state index in [2.05, 4.69) is 46.3 Å². The first-order valence-corrected chi connectivity index (χ1v) is 10.4. The minimum atomic E-state index is 0. The second-order valence-corrected chi connectivity index (χ2v) is 8.17. The highest BCUT2D eigenvalue weighted by Gasteiger charge is 2.27. The van der Waals surface area contributed by atoms with Crippen LogP contribution in [0.15, 0.2) is 6.33 Å². The lowest BCUT2D eigenvalue weighted by Gasteiger charge is -2.32. The molecule has 27 heavy (non-hydrogen) atoms. The Kier molecular flexibility index (Phi) is 8.26. The van der Waals surface area contributed by atoms with Gasteiger partial charge in [0.1, 0.15) is 17.0 Å². The zero-order valence-electron chi connectivity index (χ0n) is 16.4. The van der Waals surface area contributed by atoms with Gasteiger partial charge in [-0.15, -0.1) is 23.7 Å². The van der Waals surface area contributed by atoms with E-state index < -0.39 is 0 Å². The number of fused-ring (bicyclic) bond motifs is 1. The van der Waals surface area contributed by atoms with Gasteiger partial charge < -0.3 is 15.5 Å². The molecule has 0 atom stereocenters. The van der Waals surface area contributed by atoms with Crippen molar-refractivity contribution in [3.05, 3.63) is 16.8 Å². The molecular formula is C19H30ClN5OS. The van der Waals surface area contributed by atoms with Crippen LogP contribution in [0.4, 0.5) is 5.82 Å². The first-order valence-electron chi connectivity index (χ1n) is 9.55. The van der Waals surface area contributed by atoms with Gasteiger partial charge in [0.05, 0.1) is 5.39 Å². The SMILES string of the molecule is CCCNCCNC(=O)C1CCN(c2ncnc3sc(C)c(C)c23)CC1.Cl. The molecule has 1 amide bonds. The lowest BCUT2D eigenvalue weighted by Crippen LogP contribution is -2.42. The number of thiophene rings is 1. The Morgan fingerprint density at radius 1 is 1.22 bits per heavy atom. The molecule has 2 N–H and O–H groups in total. The Balaban J connectivity index is 0.00000261. The Hall–Kier alpha value is -1.44. The van der Waals surface area contributed by atoms with Gasteiger partial charge in [-0.05, 0) is 45.2 Å². The Bertz CT molecular complexity index is 758. The molecule has 0 aliphatic carbocycles. The van der Waals surface area contributed by atoms with E-state index in [1.165, 1.54) is 15.8 Å². The van der Waals surface area contributed by atoms with E-state index >= 15 is 0 Å². The van der Waals surface area contributed by atoms with E-state index in [1.54, 1.807) is 17.7 Å². The van der Waals surface area contributed by atoms with Crippen LogP contribution in [0.3, 0.4) is 0 Å². The van der Waals surface area contributed by atoms with Crippen LogP contribution in [0.2, 0.25) is 0 Å². The van der Waals surface area contributed by atoms with Crippen molar-refractivity contribution in [2.45, 2.75) is 40.0 Å². The molecule has 1 aliphatic rings. The van der Waals surface area contributed by atoms with Crippen molar-refractivity contribution in [2.24, 2.45) is 5.92 Å². The van der Waals surface area contributed by atoms with Crippen LogP contribution in [-0.4, -0.2) is 48.6 Å². The summed E-state index contributed by atoms with van der Waals surface area (Å²) in [5.41, 5.74) is 1.28. The predicted octanol–water partition coefficient (Wildman–Crippen LogP) is 3.06. The number of amides is 1. The number of hydrogen-bond acceptors (Lipinski definition) is 6. The average Bonchev–Trinajstić information content (AvgIpc) is 2.96. The van der Waals surface area contributed by atoms with Crippen LogP contribution < -0.4 is 15.5 Å². The van der Waals surface area contributed by atoms with Crippen LogP contribution >= 0.6 is 23.7 Å². The number of aromatic nitrogens is 2. The van der Waals surface area contributed by atoms with Crippen LogP contribution in [-0.2, 0) is 4.79 Å². The maximum Gasteiger partial charge on any atom is 0.223 e. The number of carbonyl (C=O) groups excluding carboxylic acids is 1. The maximum atomic E-state index is 12.4. The lowest BCUT2D eigenvalue weighted by molar-refractivity contribution is -0.125. The van der Waals surface area contributed by atoms with Gasteiger partial charge in [0, 0.05) is 37.0 Å². The van der Waals surface area contributed by atoms with Crippen LogP contribution in [0.5, 0.6) is 0 Å². The summed E-state index contributed by atoms with van der Waals surface area (Å²) in [6.45, 7) is 10.7. The first kappa shape index (κ1) is 21.9. The van der Waals surface area contributed by atoms with Gasteiger partial charge >= 0.3 is 0 Å². The van der Waals surface area contributed by atoms with Crippen molar-refractivity contribution >= 4 is 45.7 Å². The molecule has 0 aromatic carbocycles. The topological polar surface area (TPSA) is 70.2 Å². The predicted molar refractivity (Wildman–Crippen MR) is 115 cm³/mol. The minimum Gasteiger partial charge on any atom is -0.356 e. The third kappa shape index (κ3) is 5.09. The summed E-state index contributed by atoms with van der Waals surface area (Å²) in [6.07, 6.45) is 4.53. The second-order valence-electron chi connectivity index (χ2n) is 6.96. The van der Waals surface area contributed by atoms with Gasteiger partial charge in [-0.25, -0.2) is 9.97 Å². The molecule has 1 aliphatic heterocycles. The monoisotopic (exact) mass is 411 g/mol. The van der Waals surface area contributed by atoms with Crippen molar-refractivity contribution in [1.29, 1.82) is 0 Å². The Labute approximate surface area is 171 Å². The number of piperidine rings is 1. The fourth-order valence-corrected chi connectivity index (χ4v) is 4.47. The lowest BCUT2D eigenvalue weighted by atomic mass is 9.95. The number of nitrogens with zero attached hydrogens (tertiary/aromatic N) is 3. The van der Waals surface area contributed by atoms with Crippen molar-refractivity contribution in [2.75, 3.05) is 37.6 Å². The van der Waals surface area contributed by atoms with Gasteiger partial charge in [0.25, 0.3) is 0 Å². The van der Waals surface area contributed by atoms with E-state index in [4.69, 9.17) is 0 Å². The largest absolute Gasteiger partial charge is 0.356 e. The van der Waals surface area contributed by atoms with E-state index in [9.17, 15) is 4.79 Å². The van der Waals surface area contributed by atoms with Crippen LogP contribution in [0, 0.1) is 19.8 Å². The molecule has 0 radical (unpaired) electrons. The number of rotatable bonds is 7. The number of anilines is 1. The minimum absolute atomic E-state index is 0. The Morgan fingerprint density at radius 2 is 1.96 bits per heavy atom. The zero-order valence-corrected chi connectivity index (χ0v) is 18.0. The Morgan fingerprint density at radius 3 is 2.67 bits per heavy atom. The molecule has 1 fully saturated rings. The molecule has 6 nitrogen and oxygen atoms in total. The highest BCUT2D eigenvalue weighted by Crippen LogP contribution is 2.35. The molecule has 2 aromatic heterocycles. The second kappa shape index (κ2) is 10.2. The quantitative estimate of drug-likeness (QED) is 0.685. The number of nitrogens with one attached hydrogen (secondary N) is 2. The molecule has 0 bridgehead atoms. The molecule has 0 unspecified atom stereocenters. The van der Waals surface area contributed by atoms with E-state index in [-0.39, 0.29) is 24.2 Å². The van der Waals surface area contributed by atoms with Crippen molar-refractivity contribution in [3.8, 4) is 0 Å². The summed E-state index contributed by atoms with van der Waals surface area (Å²) in [6, 6.07) is 0. The summed E-state index contributed by atoms with van der Waals surface area (Å²) in [7, 11) is 0. The number of aryl methyl sites for hydroxylation is 2. The van der Waals surface area contributed by atoms with Gasteiger partial charge in [-0.2, -0.15) is 0 Å². The highest BCUT2D eigenvalue weighted by atomic mass is 35.5. The third-order valence-corrected chi connectivity index (χ3v) is 6.25. The van der Waals surface area contributed by atoms with Crippen molar-refractivity contribution in [1.82, 2.24) is 20.6 Å². The van der Waals surface area contributed by atoms with E-state index in [1.807, 2.05) is 0 Å². The third-order valence-electron chi connectivity index (χ3n) is 5.14.